The number of hydrogen-bond acceptors (Lipinski definition) is 4. The first-order valence-electron chi connectivity index (χ1n) is 9.38. The molecule has 0 unspecified atom stereocenters. The van der Waals surface area contributed by atoms with E-state index in [1.54, 1.807) is 36.5 Å². The summed E-state index contributed by atoms with van der Waals surface area (Å²) in [4.78, 5) is 20.7. The molecule has 2 atom stereocenters. The van der Waals surface area contributed by atoms with Gasteiger partial charge in [0.2, 0.25) is 0 Å². The van der Waals surface area contributed by atoms with E-state index >= 15 is 0 Å². The van der Waals surface area contributed by atoms with Gasteiger partial charge in [-0.05, 0) is 38.5 Å². The topological polar surface area (TPSA) is 115 Å². The minimum atomic E-state index is -0.861. The molecule has 0 aliphatic heterocycles. The number of aliphatic carboxylic acids is 2. The first kappa shape index (κ1) is 24.8. The predicted octanol–water partition coefficient (Wildman–Crippen LogP) is 3.61. The lowest BCUT2D eigenvalue weighted by molar-refractivity contribution is -0.138. The molecular formula is C21H32O6. The number of unbranched alkanes of at least 4 members (excludes halogenated alkanes) is 3. The molecule has 0 fully saturated rings. The van der Waals surface area contributed by atoms with Crippen molar-refractivity contribution >= 4 is 11.9 Å². The normalized spacial score (nSPS) is 14.6. The van der Waals surface area contributed by atoms with Gasteiger partial charge in [0.15, 0.2) is 0 Å². The summed E-state index contributed by atoms with van der Waals surface area (Å²) >= 11 is 0. The van der Waals surface area contributed by atoms with Crippen LogP contribution in [0, 0.1) is 0 Å². The van der Waals surface area contributed by atoms with Crippen molar-refractivity contribution in [3.63, 3.8) is 0 Å². The van der Waals surface area contributed by atoms with E-state index in [0.29, 0.717) is 25.7 Å². The van der Waals surface area contributed by atoms with Gasteiger partial charge in [0, 0.05) is 12.8 Å². The molecule has 0 spiro atoms. The van der Waals surface area contributed by atoms with Crippen LogP contribution >= 0.6 is 0 Å². The average Bonchev–Trinajstić information content (AvgIpc) is 2.59. The largest absolute Gasteiger partial charge is 0.481 e. The van der Waals surface area contributed by atoms with Gasteiger partial charge in [0.1, 0.15) is 0 Å². The quantitative estimate of drug-likeness (QED) is 0.185. The molecule has 0 aliphatic carbocycles. The molecule has 0 aromatic rings. The molecule has 0 radical (unpaired) electrons. The zero-order valence-electron chi connectivity index (χ0n) is 15.7. The highest BCUT2D eigenvalue weighted by molar-refractivity contribution is 5.66. The maximum Gasteiger partial charge on any atom is 0.303 e. The van der Waals surface area contributed by atoms with Crippen molar-refractivity contribution in [3.8, 4) is 0 Å². The molecule has 0 rings (SSSR count). The fraction of sp³-hybridized carbons (Fsp3) is 0.524. The van der Waals surface area contributed by atoms with Gasteiger partial charge in [-0.25, -0.2) is 0 Å². The molecule has 6 heteroatoms. The van der Waals surface area contributed by atoms with E-state index < -0.39 is 24.1 Å². The van der Waals surface area contributed by atoms with Gasteiger partial charge in [-0.1, -0.05) is 55.0 Å². The Balaban J connectivity index is 3.77. The molecule has 0 saturated heterocycles. The Kier molecular flexibility index (Phi) is 15.9. The van der Waals surface area contributed by atoms with Gasteiger partial charge >= 0.3 is 11.9 Å². The van der Waals surface area contributed by atoms with Crippen molar-refractivity contribution in [1.29, 1.82) is 0 Å². The summed E-state index contributed by atoms with van der Waals surface area (Å²) in [6, 6.07) is 0. The highest BCUT2D eigenvalue weighted by Crippen LogP contribution is 2.05. The van der Waals surface area contributed by atoms with Gasteiger partial charge in [-0.2, -0.15) is 0 Å². The highest BCUT2D eigenvalue weighted by atomic mass is 16.4. The molecule has 27 heavy (non-hydrogen) atoms. The lowest BCUT2D eigenvalue weighted by Crippen LogP contribution is -2.03. The zero-order chi connectivity index (χ0) is 20.3. The second-order valence-corrected chi connectivity index (χ2v) is 6.28. The standard InChI is InChI=1S/C21H32O6/c22-18(12-7-3-1-2-4-10-16-20(24)25)13-8-5-6-9-14-19(23)15-11-17-21(26)27/h3,5-9,13-14,18-19,22-23H,1-2,4,10-12,15-17H2,(H,24,25)(H,26,27)/b6-5-,7-3-,13-8+,14-9+/t18-,19-/m0/s1. The van der Waals surface area contributed by atoms with Crippen LogP contribution in [0.5, 0.6) is 0 Å². The molecule has 0 aliphatic rings. The first-order chi connectivity index (χ1) is 12.9. The van der Waals surface area contributed by atoms with Crippen LogP contribution in [-0.4, -0.2) is 44.6 Å². The van der Waals surface area contributed by atoms with E-state index in [1.165, 1.54) is 0 Å². The van der Waals surface area contributed by atoms with Gasteiger partial charge in [0.05, 0.1) is 12.2 Å². The first-order valence-corrected chi connectivity index (χ1v) is 9.38. The number of aliphatic hydroxyl groups excluding tert-OH is 2. The van der Waals surface area contributed by atoms with E-state index in [0.717, 1.165) is 19.3 Å². The Morgan fingerprint density at radius 1 is 0.704 bits per heavy atom. The van der Waals surface area contributed by atoms with E-state index in [1.807, 2.05) is 12.2 Å². The van der Waals surface area contributed by atoms with Crippen molar-refractivity contribution in [2.24, 2.45) is 0 Å². The number of aliphatic hydroxyl groups is 2. The van der Waals surface area contributed by atoms with Crippen LogP contribution < -0.4 is 0 Å². The molecule has 0 amide bonds. The van der Waals surface area contributed by atoms with Crippen molar-refractivity contribution in [2.75, 3.05) is 0 Å². The van der Waals surface area contributed by atoms with Crippen molar-refractivity contribution in [3.05, 3.63) is 48.6 Å². The van der Waals surface area contributed by atoms with Gasteiger partial charge in [0.25, 0.3) is 0 Å². The van der Waals surface area contributed by atoms with E-state index in [9.17, 15) is 19.8 Å². The van der Waals surface area contributed by atoms with Crippen LogP contribution in [0.4, 0.5) is 0 Å². The molecule has 152 valence electrons. The van der Waals surface area contributed by atoms with Crippen molar-refractivity contribution in [1.82, 2.24) is 0 Å². The van der Waals surface area contributed by atoms with Crippen LogP contribution in [0.1, 0.15) is 57.8 Å². The van der Waals surface area contributed by atoms with Crippen LogP contribution in [0.25, 0.3) is 0 Å². The molecule has 6 nitrogen and oxygen atoms in total. The highest BCUT2D eigenvalue weighted by Gasteiger charge is 2.01. The van der Waals surface area contributed by atoms with E-state index in [2.05, 4.69) is 0 Å². The molecule has 0 heterocycles. The minimum Gasteiger partial charge on any atom is -0.481 e. The van der Waals surface area contributed by atoms with E-state index in [-0.39, 0.29) is 12.8 Å². The lowest BCUT2D eigenvalue weighted by atomic mass is 10.1. The summed E-state index contributed by atoms with van der Waals surface area (Å²) in [6.07, 6.45) is 18.0. The van der Waals surface area contributed by atoms with Crippen LogP contribution in [0.15, 0.2) is 48.6 Å². The van der Waals surface area contributed by atoms with Crippen molar-refractivity contribution in [2.45, 2.75) is 70.0 Å². The number of rotatable bonds is 16. The second-order valence-electron chi connectivity index (χ2n) is 6.28. The van der Waals surface area contributed by atoms with Crippen LogP contribution in [0.2, 0.25) is 0 Å². The molecule has 4 N–H and O–H groups in total. The minimum absolute atomic E-state index is 0.0561. The van der Waals surface area contributed by atoms with Gasteiger partial charge < -0.3 is 20.4 Å². The molecule has 0 aromatic carbocycles. The fourth-order valence-corrected chi connectivity index (χ4v) is 2.22. The Hall–Kier alpha value is -2.18. The number of allylic oxidation sites excluding steroid dienone is 5. The van der Waals surface area contributed by atoms with Gasteiger partial charge in [-0.3, -0.25) is 9.59 Å². The monoisotopic (exact) mass is 380 g/mol. The Morgan fingerprint density at radius 3 is 1.93 bits per heavy atom. The maximum absolute atomic E-state index is 10.4. The molecule has 0 aromatic heterocycles. The average molecular weight is 380 g/mol. The van der Waals surface area contributed by atoms with E-state index in [4.69, 9.17) is 10.2 Å². The molecular weight excluding hydrogens is 348 g/mol. The summed E-state index contributed by atoms with van der Waals surface area (Å²) in [5, 5.41) is 36.4. The smallest absolute Gasteiger partial charge is 0.303 e. The maximum atomic E-state index is 10.4. The zero-order valence-corrected chi connectivity index (χ0v) is 15.7. The predicted molar refractivity (Wildman–Crippen MR) is 105 cm³/mol. The summed E-state index contributed by atoms with van der Waals surface area (Å²) in [5.41, 5.74) is 0. The lowest BCUT2D eigenvalue weighted by Gasteiger charge is -2.02. The number of carboxylic acids is 2. The third kappa shape index (κ3) is 20.0. The molecule has 0 bridgehead atoms. The number of hydrogen-bond donors (Lipinski definition) is 4. The molecule has 0 saturated carbocycles. The summed E-state index contributed by atoms with van der Waals surface area (Å²) in [6.45, 7) is 0. The van der Waals surface area contributed by atoms with Crippen molar-refractivity contribution < 1.29 is 30.0 Å². The Labute approximate surface area is 161 Å². The third-order valence-corrected chi connectivity index (χ3v) is 3.70. The van der Waals surface area contributed by atoms with Crippen LogP contribution in [-0.2, 0) is 9.59 Å². The van der Waals surface area contributed by atoms with Crippen LogP contribution in [0.3, 0.4) is 0 Å². The Bertz CT molecular complexity index is 519. The summed E-state index contributed by atoms with van der Waals surface area (Å²) in [5.74, 6) is -1.61. The fourth-order valence-electron chi connectivity index (χ4n) is 2.22. The third-order valence-electron chi connectivity index (χ3n) is 3.70. The Morgan fingerprint density at radius 2 is 1.30 bits per heavy atom. The summed E-state index contributed by atoms with van der Waals surface area (Å²) < 4.78 is 0. The second kappa shape index (κ2) is 17.2. The SMILES string of the molecule is O=C(O)CCCCC/C=C\C[C@H](O)/C=C/C=C\C=C\[C@H](O)CCCC(=O)O. The summed E-state index contributed by atoms with van der Waals surface area (Å²) in [7, 11) is 0. The number of carboxylic acid groups (broad SMARTS) is 2. The van der Waals surface area contributed by atoms with Gasteiger partial charge in [-0.15, -0.1) is 0 Å². The number of carbonyl (C=O) groups is 2.